The van der Waals surface area contributed by atoms with Crippen molar-refractivity contribution in [3.8, 4) is 16.9 Å². The lowest BCUT2D eigenvalue weighted by molar-refractivity contribution is 0.241. The van der Waals surface area contributed by atoms with E-state index in [9.17, 15) is 0 Å². The van der Waals surface area contributed by atoms with E-state index in [-0.39, 0.29) is 6.10 Å². The zero-order valence-corrected chi connectivity index (χ0v) is 10.4. The molecule has 2 aromatic rings. The standard InChI is InChI=1S/C15H13N3O/c16-18-17-10-14-8-13-7-6-12(9-15(13)19-14)11-4-2-1-3-5-11/h1-7,9,14H,8,10H2. The van der Waals surface area contributed by atoms with Gasteiger partial charge in [-0.05, 0) is 28.3 Å². The first-order valence-electron chi connectivity index (χ1n) is 6.22. The number of azide groups is 1. The molecule has 0 bridgehead atoms. The second-order valence-corrected chi connectivity index (χ2v) is 4.55. The number of fused-ring (bicyclic) bond motifs is 1. The van der Waals surface area contributed by atoms with Crippen molar-refractivity contribution in [3.63, 3.8) is 0 Å². The van der Waals surface area contributed by atoms with Gasteiger partial charge in [0.25, 0.3) is 0 Å². The second-order valence-electron chi connectivity index (χ2n) is 4.55. The number of hydrogen-bond donors (Lipinski definition) is 0. The predicted octanol–water partition coefficient (Wildman–Crippen LogP) is 3.97. The first kappa shape index (κ1) is 11.6. The highest BCUT2D eigenvalue weighted by Crippen LogP contribution is 2.33. The van der Waals surface area contributed by atoms with Crippen LogP contribution in [0.2, 0.25) is 0 Å². The number of hydrogen-bond acceptors (Lipinski definition) is 2. The normalized spacial score (nSPS) is 16.3. The molecule has 3 rings (SSSR count). The van der Waals surface area contributed by atoms with Gasteiger partial charge in [0.1, 0.15) is 11.9 Å². The molecule has 0 N–H and O–H groups in total. The van der Waals surface area contributed by atoms with Gasteiger partial charge in [-0.15, -0.1) is 0 Å². The third-order valence-electron chi connectivity index (χ3n) is 3.26. The molecule has 1 unspecified atom stereocenters. The van der Waals surface area contributed by atoms with Gasteiger partial charge in [0.15, 0.2) is 0 Å². The van der Waals surface area contributed by atoms with Crippen LogP contribution in [0.5, 0.6) is 5.75 Å². The predicted molar refractivity (Wildman–Crippen MR) is 74.0 cm³/mol. The number of nitrogens with zero attached hydrogens (tertiary/aromatic N) is 3. The fraction of sp³-hybridized carbons (Fsp3) is 0.200. The fourth-order valence-electron chi connectivity index (χ4n) is 2.34. The van der Waals surface area contributed by atoms with Gasteiger partial charge in [-0.2, -0.15) is 0 Å². The molecule has 0 spiro atoms. The molecule has 1 heterocycles. The molecule has 1 aliphatic heterocycles. The van der Waals surface area contributed by atoms with E-state index in [4.69, 9.17) is 10.3 Å². The first-order valence-corrected chi connectivity index (χ1v) is 6.22. The van der Waals surface area contributed by atoms with Crippen LogP contribution in [-0.4, -0.2) is 12.6 Å². The van der Waals surface area contributed by atoms with E-state index in [1.807, 2.05) is 18.2 Å². The lowest BCUT2D eigenvalue weighted by atomic mass is 10.0. The van der Waals surface area contributed by atoms with Gasteiger partial charge in [-0.25, -0.2) is 0 Å². The van der Waals surface area contributed by atoms with Crippen molar-refractivity contribution in [2.45, 2.75) is 12.5 Å². The Morgan fingerprint density at radius 3 is 2.79 bits per heavy atom. The van der Waals surface area contributed by atoms with Crippen molar-refractivity contribution >= 4 is 0 Å². The van der Waals surface area contributed by atoms with Crippen LogP contribution in [0.1, 0.15) is 5.56 Å². The van der Waals surface area contributed by atoms with Gasteiger partial charge in [0.2, 0.25) is 0 Å². The van der Waals surface area contributed by atoms with Gasteiger partial charge in [-0.1, -0.05) is 47.6 Å². The summed E-state index contributed by atoms with van der Waals surface area (Å²) in [6, 6.07) is 16.5. The number of rotatable bonds is 3. The van der Waals surface area contributed by atoms with Crippen molar-refractivity contribution in [2.24, 2.45) is 5.11 Å². The van der Waals surface area contributed by atoms with E-state index in [0.717, 1.165) is 17.7 Å². The molecule has 4 heteroatoms. The summed E-state index contributed by atoms with van der Waals surface area (Å²) in [5.74, 6) is 0.902. The molecule has 0 radical (unpaired) electrons. The zero-order valence-electron chi connectivity index (χ0n) is 10.4. The summed E-state index contributed by atoms with van der Waals surface area (Å²) in [5, 5.41) is 3.57. The van der Waals surface area contributed by atoms with E-state index >= 15 is 0 Å². The molecule has 1 atom stereocenters. The van der Waals surface area contributed by atoms with Crippen molar-refractivity contribution < 1.29 is 4.74 Å². The molecule has 0 saturated heterocycles. The Morgan fingerprint density at radius 1 is 1.16 bits per heavy atom. The average Bonchev–Trinajstić information content (AvgIpc) is 2.87. The third-order valence-corrected chi connectivity index (χ3v) is 3.26. The summed E-state index contributed by atoms with van der Waals surface area (Å²) in [5.41, 5.74) is 11.8. The van der Waals surface area contributed by atoms with Crippen LogP contribution in [0.3, 0.4) is 0 Å². The summed E-state index contributed by atoms with van der Waals surface area (Å²) >= 11 is 0. The third kappa shape index (κ3) is 2.39. The zero-order chi connectivity index (χ0) is 13.1. The van der Waals surface area contributed by atoms with Crippen LogP contribution in [0.25, 0.3) is 21.6 Å². The summed E-state index contributed by atoms with van der Waals surface area (Å²) < 4.78 is 5.81. The summed E-state index contributed by atoms with van der Waals surface area (Å²) in [7, 11) is 0. The highest BCUT2D eigenvalue weighted by Gasteiger charge is 2.22. The Bertz CT molecular complexity index is 633. The van der Waals surface area contributed by atoms with Crippen molar-refractivity contribution in [1.29, 1.82) is 0 Å². The fourth-order valence-corrected chi connectivity index (χ4v) is 2.34. The molecule has 2 aromatic carbocycles. The quantitative estimate of drug-likeness (QED) is 0.462. The Kier molecular flexibility index (Phi) is 3.09. The molecule has 0 aliphatic carbocycles. The molecule has 19 heavy (non-hydrogen) atoms. The van der Waals surface area contributed by atoms with Crippen molar-refractivity contribution in [2.75, 3.05) is 6.54 Å². The summed E-state index contributed by atoms with van der Waals surface area (Å²) in [6.07, 6.45) is 0.778. The van der Waals surface area contributed by atoms with Crippen molar-refractivity contribution in [1.82, 2.24) is 0 Å². The lowest BCUT2D eigenvalue weighted by Gasteiger charge is -2.07. The lowest BCUT2D eigenvalue weighted by Crippen LogP contribution is -2.16. The molecule has 0 aromatic heterocycles. The Morgan fingerprint density at radius 2 is 2.00 bits per heavy atom. The second kappa shape index (κ2) is 5.04. The highest BCUT2D eigenvalue weighted by molar-refractivity contribution is 5.66. The molecule has 0 amide bonds. The van der Waals surface area contributed by atoms with Crippen LogP contribution < -0.4 is 4.74 Å². The minimum atomic E-state index is -0.0306. The van der Waals surface area contributed by atoms with Gasteiger partial charge in [0, 0.05) is 11.3 Å². The maximum Gasteiger partial charge on any atom is 0.123 e. The van der Waals surface area contributed by atoms with E-state index in [1.165, 1.54) is 11.1 Å². The Balaban J connectivity index is 1.85. The van der Waals surface area contributed by atoms with Gasteiger partial charge < -0.3 is 4.74 Å². The van der Waals surface area contributed by atoms with E-state index in [1.54, 1.807) is 0 Å². The number of ether oxygens (including phenoxy) is 1. The molecule has 4 nitrogen and oxygen atoms in total. The highest BCUT2D eigenvalue weighted by atomic mass is 16.5. The van der Waals surface area contributed by atoms with Crippen LogP contribution in [0.15, 0.2) is 53.6 Å². The minimum absolute atomic E-state index is 0.0306. The maximum absolute atomic E-state index is 8.34. The molecule has 0 saturated carbocycles. The van der Waals surface area contributed by atoms with Gasteiger partial charge in [0.05, 0.1) is 6.54 Å². The Labute approximate surface area is 111 Å². The van der Waals surface area contributed by atoms with E-state index in [0.29, 0.717) is 6.54 Å². The average molecular weight is 251 g/mol. The molecular formula is C15H13N3O. The van der Waals surface area contributed by atoms with Crippen LogP contribution in [-0.2, 0) is 6.42 Å². The number of benzene rings is 2. The molecular weight excluding hydrogens is 238 g/mol. The van der Waals surface area contributed by atoms with Crippen molar-refractivity contribution in [3.05, 3.63) is 64.5 Å². The molecule has 0 fully saturated rings. The van der Waals surface area contributed by atoms with Crippen LogP contribution in [0, 0.1) is 0 Å². The Hall–Kier alpha value is -2.45. The molecule has 94 valence electrons. The van der Waals surface area contributed by atoms with Gasteiger partial charge in [-0.3, -0.25) is 0 Å². The summed E-state index contributed by atoms with van der Waals surface area (Å²) in [6.45, 7) is 0.381. The topological polar surface area (TPSA) is 58.0 Å². The first-order chi connectivity index (χ1) is 9.36. The van der Waals surface area contributed by atoms with Crippen LogP contribution in [0.4, 0.5) is 0 Å². The smallest absolute Gasteiger partial charge is 0.123 e. The largest absolute Gasteiger partial charge is 0.490 e. The van der Waals surface area contributed by atoms with E-state index < -0.39 is 0 Å². The van der Waals surface area contributed by atoms with Gasteiger partial charge >= 0.3 is 0 Å². The van der Waals surface area contributed by atoms with Crippen LogP contribution >= 0.6 is 0 Å². The SMILES string of the molecule is [N-]=[N+]=NCC1Cc2ccc(-c3ccccc3)cc2O1. The van der Waals surface area contributed by atoms with E-state index in [2.05, 4.69) is 40.4 Å². The summed E-state index contributed by atoms with van der Waals surface area (Å²) in [4.78, 5) is 2.77. The molecule has 1 aliphatic rings. The monoisotopic (exact) mass is 251 g/mol. The minimum Gasteiger partial charge on any atom is -0.490 e. The maximum atomic E-state index is 8.34.